The van der Waals surface area contributed by atoms with Gasteiger partial charge < -0.3 is 4.90 Å². The average Bonchev–Trinajstić information content (AvgIpc) is 2.99. The van der Waals surface area contributed by atoms with E-state index in [4.69, 9.17) is 11.6 Å². The second-order valence-electron chi connectivity index (χ2n) is 12.5. The maximum Gasteiger partial charge on any atom is 0.262 e. The van der Waals surface area contributed by atoms with E-state index in [0.717, 1.165) is 22.3 Å². The molecule has 230 valence electrons. The molecule has 1 unspecified atom stereocenters. The Hall–Kier alpha value is -3.65. The molecule has 5 rings (SSSR count). The summed E-state index contributed by atoms with van der Waals surface area (Å²) in [6.07, 6.45) is 0. The summed E-state index contributed by atoms with van der Waals surface area (Å²) >= 11 is 6.66. The number of hydrogen-bond acceptors (Lipinski definition) is 4. The number of halogens is 1. The topological polar surface area (TPSA) is 69.7 Å². The predicted molar refractivity (Wildman–Crippen MR) is 179 cm³/mol. The van der Waals surface area contributed by atoms with E-state index in [1.165, 1.54) is 0 Å². The Kier molecular flexibility index (Phi) is 9.21. The zero-order chi connectivity index (χ0) is 31.6. The lowest BCUT2D eigenvalue weighted by atomic mass is 9.85. The molecule has 8 heteroatoms. The van der Waals surface area contributed by atoms with Crippen LogP contribution in [-0.2, 0) is 15.4 Å². The molecule has 1 aliphatic rings. The second kappa shape index (κ2) is 12.8. The molecule has 1 heterocycles. The number of aryl methyl sites for hydroxylation is 1. The van der Waals surface area contributed by atoms with Gasteiger partial charge in [-0.2, -0.15) is 0 Å². The highest BCUT2D eigenvalue weighted by molar-refractivity contribution is 7.92. The number of anilines is 1. The summed E-state index contributed by atoms with van der Waals surface area (Å²) in [5.41, 5.74) is 5.09. The summed E-state index contributed by atoms with van der Waals surface area (Å²) in [5, 5.41) is 0.708. The SMILES string of the molecule is Cc1cc(C(C)(C)C)cc(S(=O)(=O)Nc2ccccc2C(=O)N2CCN(C(c3ccccc3)c3ccccc3Cl)CC2)c1C. The Morgan fingerprint density at radius 1 is 0.841 bits per heavy atom. The van der Waals surface area contributed by atoms with E-state index in [2.05, 4.69) is 48.6 Å². The van der Waals surface area contributed by atoms with Gasteiger partial charge in [-0.15, -0.1) is 0 Å². The van der Waals surface area contributed by atoms with Crippen molar-refractivity contribution in [1.82, 2.24) is 9.80 Å². The van der Waals surface area contributed by atoms with Crippen molar-refractivity contribution in [3.63, 3.8) is 0 Å². The van der Waals surface area contributed by atoms with Crippen LogP contribution >= 0.6 is 11.6 Å². The Balaban J connectivity index is 1.37. The van der Waals surface area contributed by atoms with Crippen LogP contribution in [0.15, 0.2) is 95.9 Å². The van der Waals surface area contributed by atoms with E-state index in [-0.39, 0.29) is 27.9 Å². The van der Waals surface area contributed by atoms with Crippen LogP contribution in [0, 0.1) is 13.8 Å². The number of hydrogen-bond donors (Lipinski definition) is 1. The van der Waals surface area contributed by atoms with Crippen molar-refractivity contribution in [2.75, 3.05) is 30.9 Å². The molecule has 0 bridgehead atoms. The molecule has 0 spiro atoms. The van der Waals surface area contributed by atoms with Gasteiger partial charge in [-0.1, -0.05) is 99.1 Å². The van der Waals surface area contributed by atoms with Crippen LogP contribution in [0.2, 0.25) is 5.02 Å². The van der Waals surface area contributed by atoms with Crippen LogP contribution in [0.25, 0.3) is 0 Å². The van der Waals surface area contributed by atoms with E-state index in [0.29, 0.717) is 42.3 Å². The highest BCUT2D eigenvalue weighted by atomic mass is 35.5. The first kappa shape index (κ1) is 31.8. The van der Waals surface area contributed by atoms with Gasteiger partial charge in [0.15, 0.2) is 0 Å². The minimum atomic E-state index is -3.96. The molecule has 0 aliphatic carbocycles. The number of carbonyl (C=O) groups excluding carboxylic acids is 1. The number of piperazine rings is 1. The highest BCUT2D eigenvalue weighted by Gasteiger charge is 2.31. The highest BCUT2D eigenvalue weighted by Crippen LogP contribution is 2.35. The molecule has 1 saturated heterocycles. The molecule has 1 amide bonds. The van der Waals surface area contributed by atoms with Crippen LogP contribution < -0.4 is 4.72 Å². The van der Waals surface area contributed by atoms with Gasteiger partial charge in [-0.3, -0.25) is 14.4 Å². The first-order valence-corrected chi connectivity index (χ1v) is 16.8. The second-order valence-corrected chi connectivity index (χ2v) is 14.5. The third kappa shape index (κ3) is 6.70. The van der Waals surface area contributed by atoms with E-state index in [1.807, 2.05) is 56.3 Å². The molecule has 0 saturated carbocycles. The lowest BCUT2D eigenvalue weighted by Crippen LogP contribution is -2.50. The van der Waals surface area contributed by atoms with Gasteiger partial charge in [0.2, 0.25) is 0 Å². The largest absolute Gasteiger partial charge is 0.336 e. The van der Waals surface area contributed by atoms with Gasteiger partial charge in [0.1, 0.15) is 0 Å². The number of para-hydroxylation sites is 1. The van der Waals surface area contributed by atoms with Crippen molar-refractivity contribution in [1.29, 1.82) is 0 Å². The summed E-state index contributed by atoms with van der Waals surface area (Å²) in [5.74, 6) is -0.201. The van der Waals surface area contributed by atoms with E-state index < -0.39 is 10.0 Å². The third-order valence-corrected chi connectivity index (χ3v) is 10.3. The average molecular weight is 630 g/mol. The van der Waals surface area contributed by atoms with Gasteiger partial charge >= 0.3 is 0 Å². The minimum Gasteiger partial charge on any atom is -0.336 e. The zero-order valence-corrected chi connectivity index (χ0v) is 27.5. The normalized spacial score (nSPS) is 15.2. The summed E-state index contributed by atoms with van der Waals surface area (Å²) < 4.78 is 30.3. The number of carbonyl (C=O) groups is 1. The van der Waals surface area contributed by atoms with Crippen LogP contribution in [0.4, 0.5) is 5.69 Å². The lowest BCUT2D eigenvalue weighted by Gasteiger charge is -2.40. The van der Waals surface area contributed by atoms with Crippen molar-refractivity contribution < 1.29 is 13.2 Å². The minimum absolute atomic E-state index is 0.0446. The number of nitrogens with zero attached hydrogens (tertiary/aromatic N) is 2. The number of amides is 1. The molecule has 0 aromatic heterocycles. The fourth-order valence-corrected chi connectivity index (χ4v) is 7.43. The van der Waals surface area contributed by atoms with E-state index >= 15 is 0 Å². The molecule has 0 radical (unpaired) electrons. The van der Waals surface area contributed by atoms with Gasteiger partial charge in [0.05, 0.1) is 22.2 Å². The van der Waals surface area contributed by atoms with E-state index in [1.54, 1.807) is 35.2 Å². The summed E-state index contributed by atoms with van der Waals surface area (Å²) in [6.45, 7) is 12.2. The molecule has 1 fully saturated rings. The number of sulfonamides is 1. The van der Waals surface area contributed by atoms with E-state index in [9.17, 15) is 13.2 Å². The van der Waals surface area contributed by atoms with Crippen LogP contribution in [-0.4, -0.2) is 50.3 Å². The van der Waals surface area contributed by atoms with Crippen molar-refractivity contribution in [2.24, 2.45) is 0 Å². The summed E-state index contributed by atoms with van der Waals surface area (Å²) in [7, 11) is -3.96. The first-order chi connectivity index (χ1) is 20.9. The maximum atomic E-state index is 13.9. The van der Waals surface area contributed by atoms with Crippen molar-refractivity contribution in [2.45, 2.75) is 51.0 Å². The van der Waals surface area contributed by atoms with Crippen LogP contribution in [0.3, 0.4) is 0 Å². The van der Waals surface area contributed by atoms with Gasteiger partial charge in [0, 0.05) is 31.2 Å². The fraction of sp³-hybridized carbons (Fsp3) is 0.306. The maximum absolute atomic E-state index is 13.9. The number of rotatable bonds is 7. The Morgan fingerprint density at radius 2 is 1.45 bits per heavy atom. The zero-order valence-electron chi connectivity index (χ0n) is 26.0. The van der Waals surface area contributed by atoms with Gasteiger partial charge in [0.25, 0.3) is 15.9 Å². The van der Waals surface area contributed by atoms with Gasteiger partial charge in [-0.25, -0.2) is 8.42 Å². The molecule has 1 atom stereocenters. The summed E-state index contributed by atoms with van der Waals surface area (Å²) in [6, 6.07) is 28.7. The molecule has 1 N–H and O–H groups in total. The first-order valence-electron chi connectivity index (χ1n) is 14.9. The van der Waals surface area contributed by atoms with Crippen LogP contribution in [0.1, 0.15) is 65.0 Å². The standard InChI is InChI=1S/C36H40ClN3O3S/c1-25-23-28(36(3,4)5)24-33(26(25)2)44(42,43)38-32-18-12-10-16-30(32)35(41)40-21-19-39(20-22-40)34(27-13-7-6-8-14-27)29-15-9-11-17-31(29)37/h6-18,23-24,34,38H,19-22H2,1-5H3. The van der Waals surface area contributed by atoms with Crippen molar-refractivity contribution >= 4 is 33.2 Å². The third-order valence-electron chi connectivity index (χ3n) is 8.46. The number of benzene rings is 4. The lowest BCUT2D eigenvalue weighted by molar-refractivity contribution is 0.0598. The molecule has 1 aliphatic heterocycles. The molecule has 6 nitrogen and oxygen atoms in total. The number of nitrogens with one attached hydrogen (secondary N) is 1. The molecular weight excluding hydrogens is 590 g/mol. The summed E-state index contributed by atoms with van der Waals surface area (Å²) in [4.78, 5) is 18.2. The van der Waals surface area contributed by atoms with Crippen LogP contribution in [0.5, 0.6) is 0 Å². The Labute approximate surface area is 266 Å². The van der Waals surface area contributed by atoms with Crippen molar-refractivity contribution in [3.05, 3.63) is 129 Å². The molecular formula is C36H40ClN3O3S. The predicted octanol–water partition coefficient (Wildman–Crippen LogP) is 7.60. The Bertz CT molecular complexity index is 1760. The monoisotopic (exact) mass is 629 g/mol. The van der Waals surface area contributed by atoms with Crippen molar-refractivity contribution in [3.8, 4) is 0 Å². The Morgan fingerprint density at radius 3 is 2.11 bits per heavy atom. The van der Waals surface area contributed by atoms with Gasteiger partial charge in [-0.05, 0) is 71.3 Å². The smallest absolute Gasteiger partial charge is 0.262 e. The fourth-order valence-electron chi connectivity index (χ4n) is 5.77. The quantitative estimate of drug-likeness (QED) is 0.229. The molecule has 4 aromatic rings. The molecule has 4 aromatic carbocycles. The molecule has 44 heavy (non-hydrogen) atoms.